The van der Waals surface area contributed by atoms with Gasteiger partial charge in [-0.2, -0.15) is 0 Å². The van der Waals surface area contributed by atoms with Crippen molar-refractivity contribution in [1.82, 2.24) is 5.32 Å². The minimum atomic E-state index is -0.144. The van der Waals surface area contributed by atoms with Crippen LogP contribution in [0.2, 0.25) is 0 Å². The molecule has 1 fully saturated rings. The second kappa shape index (κ2) is 6.55. The first kappa shape index (κ1) is 15.3. The highest BCUT2D eigenvalue weighted by atomic mass is 19.1. The summed E-state index contributed by atoms with van der Waals surface area (Å²) in [6, 6.07) is 5.95. The molecule has 1 aliphatic heterocycles. The van der Waals surface area contributed by atoms with Gasteiger partial charge in [-0.1, -0.05) is 19.9 Å². The van der Waals surface area contributed by atoms with Gasteiger partial charge in [0.05, 0.1) is 12.1 Å². The molecule has 20 heavy (non-hydrogen) atoms. The van der Waals surface area contributed by atoms with Crippen LogP contribution in [0.25, 0.3) is 0 Å². The van der Waals surface area contributed by atoms with Crippen LogP contribution in [0, 0.1) is 5.82 Å². The van der Waals surface area contributed by atoms with Crippen molar-refractivity contribution in [3.8, 4) is 0 Å². The van der Waals surface area contributed by atoms with Crippen molar-refractivity contribution >= 4 is 5.69 Å². The molecule has 1 aromatic rings. The average molecular weight is 280 g/mol. The monoisotopic (exact) mass is 280 g/mol. The fourth-order valence-corrected chi connectivity index (χ4v) is 2.77. The molecule has 0 aliphatic carbocycles. The van der Waals surface area contributed by atoms with Crippen LogP contribution in [-0.2, 0) is 11.3 Å². The molecule has 0 spiro atoms. The molecule has 2 unspecified atom stereocenters. The quantitative estimate of drug-likeness (QED) is 0.897. The predicted molar refractivity (Wildman–Crippen MR) is 80.6 cm³/mol. The largest absolute Gasteiger partial charge is 0.376 e. The topological polar surface area (TPSA) is 24.5 Å². The molecule has 2 rings (SSSR count). The van der Waals surface area contributed by atoms with Crippen LogP contribution < -0.4 is 10.2 Å². The first-order chi connectivity index (χ1) is 9.50. The molecule has 0 bridgehead atoms. The molecule has 1 N–H and O–H groups in total. The van der Waals surface area contributed by atoms with Crippen molar-refractivity contribution in [3.63, 3.8) is 0 Å². The number of halogens is 1. The van der Waals surface area contributed by atoms with Crippen molar-refractivity contribution in [2.75, 3.05) is 18.6 Å². The van der Waals surface area contributed by atoms with E-state index in [4.69, 9.17) is 4.74 Å². The van der Waals surface area contributed by atoms with E-state index in [0.29, 0.717) is 18.6 Å². The average Bonchev–Trinajstić information content (AvgIpc) is 2.82. The van der Waals surface area contributed by atoms with Crippen molar-refractivity contribution in [3.05, 3.63) is 29.6 Å². The van der Waals surface area contributed by atoms with E-state index in [2.05, 4.69) is 31.0 Å². The Balaban J connectivity index is 2.23. The fourth-order valence-electron chi connectivity index (χ4n) is 2.77. The van der Waals surface area contributed by atoms with E-state index in [1.165, 1.54) is 6.07 Å². The molecule has 1 aromatic carbocycles. The van der Waals surface area contributed by atoms with E-state index in [-0.39, 0.29) is 11.9 Å². The predicted octanol–water partition coefficient (Wildman–Crippen LogP) is 2.94. The summed E-state index contributed by atoms with van der Waals surface area (Å²) in [6.07, 6.45) is 1.18. The Bertz CT molecular complexity index is 450. The molecule has 0 amide bonds. The second-order valence-corrected chi connectivity index (χ2v) is 5.82. The molecular formula is C16H25FN2O. The maximum atomic E-state index is 14.1. The zero-order valence-electron chi connectivity index (χ0n) is 12.8. The van der Waals surface area contributed by atoms with E-state index in [0.717, 1.165) is 24.3 Å². The Labute approximate surface area is 121 Å². The molecule has 2 atom stereocenters. The van der Waals surface area contributed by atoms with Crippen LogP contribution in [0.15, 0.2) is 18.2 Å². The number of nitrogens with one attached hydrogen (secondary N) is 1. The molecule has 4 heteroatoms. The summed E-state index contributed by atoms with van der Waals surface area (Å²) in [7, 11) is 2.03. The van der Waals surface area contributed by atoms with Crippen LogP contribution in [0.3, 0.4) is 0 Å². The van der Waals surface area contributed by atoms with Gasteiger partial charge in [0, 0.05) is 37.5 Å². The molecule has 0 radical (unpaired) electrons. The van der Waals surface area contributed by atoms with Gasteiger partial charge >= 0.3 is 0 Å². The number of hydrogen-bond acceptors (Lipinski definition) is 3. The second-order valence-electron chi connectivity index (χ2n) is 5.82. The van der Waals surface area contributed by atoms with E-state index in [9.17, 15) is 4.39 Å². The molecule has 1 aliphatic rings. The minimum Gasteiger partial charge on any atom is -0.376 e. The summed E-state index contributed by atoms with van der Waals surface area (Å²) < 4.78 is 19.8. The number of benzene rings is 1. The number of rotatable bonds is 5. The normalized spacial score (nSPS) is 22.5. The molecule has 1 heterocycles. The third kappa shape index (κ3) is 3.30. The number of nitrogens with zero attached hydrogens (tertiary/aromatic N) is 1. The standard InChI is InChI=1S/C16H25FN2O/c1-11(2)18-10-13-14(17)6-5-7-16(13)19(4)15-8-9-20-12(15)3/h5-7,11-12,15,18H,8-10H2,1-4H3. The Morgan fingerprint density at radius 3 is 2.80 bits per heavy atom. The lowest BCUT2D eigenvalue weighted by molar-refractivity contribution is 0.118. The van der Waals surface area contributed by atoms with Crippen LogP contribution in [0.5, 0.6) is 0 Å². The first-order valence-electron chi connectivity index (χ1n) is 7.36. The van der Waals surface area contributed by atoms with Gasteiger partial charge in [-0.05, 0) is 25.5 Å². The number of likely N-dealkylation sites (N-methyl/N-ethyl adjacent to an activating group) is 1. The highest BCUT2D eigenvalue weighted by molar-refractivity contribution is 5.54. The van der Waals surface area contributed by atoms with E-state index in [1.54, 1.807) is 6.07 Å². The number of anilines is 1. The molecule has 0 saturated carbocycles. The lowest BCUT2D eigenvalue weighted by atomic mass is 10.1. The van der Waals surface area contributed by atoms with E-state index < -0.39 is 0 Å². The fraction of sp³-hybridized carbons (Fsp3) is 0.625. The molecular weight excluding hydrogens is 255 g/mol. The summed E-state index contributed by atoms with van der Waals surface area (Å²) in [5, 5.41) is 3.30. The summed E-state index contributed by atoms with van der Waals surface area (Å²) in [5.74, 6) is -0.144. The SMILES string of the molecule is CC(C)NCc1c(F)cccc1N(C)C1CCOC1C. The third-order valence-electron chi connectivity index (χ3n) is 3.99. The number of hydrogen-bond donors (Lipinski definition) is 1. The van der Waals surface area contributed by atoms with Gasteiger partial charge in [0.15, 0.2) is 0 Å². The summed E-state index contributed by atoms with van der Waals surface area (Å²) >= 11 is 0. The van der Waals surface area contributed by atoms with Gasteiger partial charge in [-0.3, -0.25) is 0 Å². The number of ether oxygens (including phenoxy) is 1. The maximum absolute atomic E-state index is 14.1. The molecule has 112 valence electrons. The van der Waals surface area contributed by atoms with Crippen molar-refractivity contribution < 1.29 is 9.13 Å². The Morgan fingerprint density at radius 2 is 2.20 bits per heavy atom. The Hall–Kier alpha value is -1.13. The molecule has 0 aromatic heterocycles. The lowest BCUT2D eigenvalue weighted by Gasteiger charge is -2.31. The maximum Gasteiger partial charge on any atom is 0.129 e. The van der Waals surface area contributed by atoms with Gasteiger partial charge in [-0.25, -0.2) is 4.39 Å². The van der Waals surface area contributed by atoms with Crippen molar-refractivity contribution in [1.29, 1.82) is 0 Å². The van der Waals surface area contributed by atoms with Crippen LogP contribution in [0.4, 0.5) is 10.1 Å². The molecule has 1 saturated heterocycles. The summed E-state index contributed by atoms with van der Waals surface area (Å²) in [6.45, 7) is 7.55. The summed E-state index contributed by atoms with van der Waals surface area (Å²) in [4.78, 5) is 2.16. The van der Waals surface area contributed by atoms with Gasteiger partial charge in [0.1, 0.15) is 5.82 Å². The highest BCUT2D eigenvalue weighted by Crippen LogP contribution is 2.28. The Kier molecular flexibility index (Phi) is 5.00. The summed E-state index contributed by atoms with van der Waals surface area (Å²) in [5.41, 5.74) is 1.70. The molecule has 3 nitrogen and oxygen atoms in total. The van der Waals surface area contributed by atoms with Crippen molar-refractivity contribution in [2.24, 2.45) is 0 Å². The van der Waals surface area contributed by atoms with Gasteiger partial charge in [0.25, 0.3) is 0 Å². The van der Waals surface area contributed by atoms with Crippen LogP contribution in [-0.4, -0.2) is 31.8 Å². The van der Waals surface area contributed by atoms with Crippen LogP contribution in [0.1, 0.15) is 32.8 Å². The zero-order chi connectivity index (χ0) is 14.7. The lowest BCUT2D eigenvalue weighted by Crippen LogP contribution is -2.38. The van der Waals surface area contributed by atoms with Gasteiger partial charge < -0.3 is 15.0 Å². The Morgan fingerprint density at radius 1 is 1.45 bits per heavy atom. The first-order valence-corrected chi connectivity index (χ1v) is 7.36. The van der Waals surface area contributed by atoms with Gasteiger partial charge in [0.2, 0.25) is 0 Å². The smallest absolute Gasteiger partial charge is 0.129 e. The van der Waals surface area contributed by atoms with E-state index in [1.807, 2.05) is 13.1 Å². The third-order valence-corrected chi connectivity index (χ3v) is 3.99. The van der Waals surface area contributed by atoms with Crippen molar-refractivity contribution in [2.45, 2.75) is 51.9 Å². The minimum absolute atomic E-state index is 0.144. The van der Waals surface area contributed by atoms with Gasteiger partial charge in [-0.15, -0.1) is 0 Å². The van der Waals surface area contributed by atoms with Crippen LogP contribution >= 0.6 is 0 Å². The highest BCUT2D eigenvalue weighted by Gasteiger charge is 2.29. The van der Waals surface area contributed by atoms with E-state index >= 15 is 0 Å². The zero-order valence-corrected chi connectivity index (χ0v) is 12.8.